The Morgan fingerprint density at radius 2 is 1.62 bits per heavy atom. The summed E-state index contributed by atoms with van der Waals surface area (Å²) >= 11 is 0. The number of β-amino-alcohol motifs (C(OH)–C–C–N with tert-alkyl or cyclic N) is 2. The van der Waals surface area contributed by atoms with E-state index in [1.54, 1.807) is 0 Å². The molecule has 156 valence electrons. The van der Waals surface area contributed by atoms with Gasteiger partial charge in [-0.25, -0.2) is 4.18 Å². The van der Waals surface area contributed by atoms with Crippen molar-refractivity contribution in [2.75, 3.05) is 26.3 Å². The molecular weight excluding hydrogens is 382 g/mol. The maximum absolute atomic E-state index is 11.0. The molecule has 9 N–H and O–H groups in total. The molecule has 1 aliphatic rings. The molecule has 0 aromatic carbocycles. The van der Waals surface area contributed by atoms with Crippen molar-refractivity contribution < 1.29 is 58.0 Å². The van der Waals surface area contributed by atoms with Crippen LogP contribution >= 0.6 is 0 Å². The Bertz CT molecular complexity index is 532. The van der Waals surface area contributed by atoms with Crippen LogP contribution in [0.4, 0.5) is 0 Å². The van der Waals surface area contributed by atoms with E-state index in [2.05, 4.69) is 4.18 Å². The Morgan fingerprint density at radius 3 is 2.08 bits per heavy atom. The topological polar surface area (TPSA) is 229 Å². The fourth-order valence-corrected chi connectivity index (χ4v) is 3.28. The van der Waals surface area contributed by atoms with Gasteiger partial charge in [0, 0.05) is 13.1 Å². The SMILES string of the molecule is O=S(=O)(O)O[C@@H]([C@H](O)[C@@H](O)[C@H](O)CO)[C@H](O)CN1C[C@@H](O)[C@H](O)[C@H]1CO. The first-order valence-electron chi connectivity index (χ1n) is 7.62. The van der Waals surface area contributed by atoms with Crippen molar-refractivity contribution in [3.8, 4) is 0 Å². The van der Waals surface area contributed by atoms with Gasteiger partial charge in [0.1, 0.15) is 24.4 Å². The van der Waals surface area contributed by atoms with Crippen LogP contribution < -0.4 is 0 Å². The van der Waals surface area contributed by atoms with Crippen molar-refractivity contribution in [2.45, 2.75) is 48.8 Å². The number of rotatable bonds is 10. The van der Waals surface area contributed by atoms with Crippen LogP contribution in [0.25, 0.3) is 0 Å². The maximum atomic E-state index is 11.0. The molecule has 8 atom stereocenters. The van der Waals surface area contributed by atoms with Crippen LogP contribution in [0.2, 0.25) is 0 Å². The van der Waals surface area contributed by atoms with E-state index in [4.69, 9.17) is 9.66 Å². The van der Waals surface area contributed by atoms with Crippen molar-refractivity contribution >= 4 is 10.4 Å². The van der Waals surface area contributed by atoms with Gasteiger partial charge in [-0.1, -0.05) is 0 Å². The highest BCUT2D eigenvalue weighted by atomic mass is 32.3. The van der Waals surface area contributed by atoms with Gasteiger partial charge in [0.15, 0.2) is 0 Å². The highest BCUT2D eigenvalue weighted by Crippen LogP contribution is 2.21. The summed E-state index contributed by atoms with van der Waals surface area (Å²) in [6, 6.07) is -1.00. The molecule has 1 heterocycles. The summed E-state index contributed by atoms with van der Waals surface area (Å²) in [4.78, 5) is 1.18. The first-order valence-corrected chi connectivity index (χ1v) is 8.99. The van der Waals surface area contributed by atoms with E-state index >= 15 is 0 Å². The van der Waals surface area contributed by atoms with Crippen molar-refractivity contribution in [3.63, 3.8) is 0 Å². The third kappa shape index (κ3) is 6.01. The predicted octanol–water partition coefficient (Wildman–Crippen LogP) is -5.99. The van der Waals surface area contributed by atoms with Crippen LogP contribution in [0.3, 0.4) is 0 Å². The van der Waals surface area contributed by atoms with Crippen LogP contribution in [0.15, 0.2) is 0 Å². The Morgan fingerprint density at radius 1 is 1.04 bits per heavy atom. The fourth-order valence-electron chi connectivity index (χ4n) is 2.75. The molecule has 1 aliphatic heterocycles. The van der Waals surface area contributed by atoms with E-state index in [1.807, 2.05) is 0 Å². The number of hydrogen-bond acceptors (Lipinski definition) is 12. The predicted molar refractivity (Wildman–Crippen MR) is 82.0 cm³/mol. The van der Waals surface area contributed by atoms with Crippen molar-refractivity contribution in [1.82, 2.24) is 4.90 Å². The minimum Gasteiger partial charge on any atom is -0.395 e. The van der Waals surface area contributed by atoms with Gasteiger partial charge in [-0.05, 0) is 0 Å². The van der Waals surface area contributed by atoms with Crippen LogP contribution in [-0.4, -0.2) is 134 Å². The third-order valence-electron chi connectivity index (χ3n) is 4.17. The average Bonchev–Trinajstić information content (AvgIpc) is 2.82. The van der Waals surface area contributed by atoms with Crippen molar-refractivity contribution in [1.29, 1.82) is 0 Å². The first-order chi connectivity index (χ1) is 11.9. The van der Waals surface area contributed by atoms with Crippen LogP contribution in [-0.2, 0) is 14.6 Å². The molecule has 13 nitrogen and oxygen atoms in total. The molecule has 0 aliphatic carbocycles. The molecule has 0 saturated carbocycles. The monoisotopic (exact) mass is 407 g/mol. The Balaban J connectivity index is 2.95. The maximum Gasteiger partial charge on any atom is 0.397 e. The number of nitrogens with zero attached hydrogens (tertiary/aromatic N) is 1. The summed E-state index contributed by atoms with van der Waals surface area (Å²) in [6.45, 7) is -2.36. The number of likely N-dealkylation sites (tertiary alicyclic amines) is 1. The van der Waals surface area contributed by atoms with Crippen molar-refractivity contribution in [3.05, 3.63) is 0 Å². The fraction of sp³-hybridized carbons (Fsp3) is 1.00. The number of hydrogen-bond donors (Lipinski definition) is 9. The van der Waals surface area contributed by atoms with E-state index in [-0.39, 0.29) is 6.54 Å². The summed E-state index contributed by atoms with van der Waals surface area (Å²) < 4.78 is 34.9. The standard InChI is InChI=1S/C12H25NO12S/c14-3-5-9(19)6(16)1-13(5)2-7(17)12(25-26(22,23)24)11(21)10(20)8(18)4-15/h5-12,14-21H,1-4H2,(H,22,23,24)/t5-,6-,7-,8-,9-,10+,11-,12-/m1/s1. The quantitative estimate of drug-likeness (QED) is 0.154. The minimum atomic E-state index is -5.20. The van der Waals surface area contributed by atoms with Gasteiger partial charge in [0.2, 0.25) is 0 Å². The lowest BCUT2D eigenvalue weighted by Crippen LogP contribution is -2.55. The molecule has 0 bridgehead atoms. The molecule has 26 heavy (non-hydrogen) atoms. The number of aliphatic hydroxyl groups is 8. The zero-order chi connectivity index (χ0) is 20.2. The molecule has 0 spiro atoms. The number of aliphatic hydroxyl groups excluding tert-OH is 8. The Kier molecular flexibility index (Phi) is 8.72. The van der Waals surface area contributed by atoms with Crippen LogP contribution in [0.5, 0.6) is 0 Å². The molecule has 0 radical (unpaired) electrons. The molecule has 1 rings (SSSR count). The van der Waals surface area contributed by atoms with Crippen molar-refractivity contribution in [2.24, 2.45) is 0 Å². The van der Waals surface area contributed by atoms with E-state index in [0.717, 1.165) is 0 Å². The summed E-state index contributed by atoms with van der Waals surface area (Å²) in [7, 11) is -5.20. The summed E-state index contributed by atoms with van der Waals surface area (Å²) in [5.74, 6) is 0. The van der Waals surface area contributed by atoms with Gasteiger partial charge in [-0.15, -0.1) is 0 Å². The average molecular weight is 407 g/mol. The normalized spacial score (nSPS) is 30.7. The zero-order valence-electron chi connectivity index (χ0n) is 13.6. The molecule has 1 fully saturated rings. The summed E-state index contributed by atoms with van der Waals surface area (Å²) in [5, 5.41) is 76.5. The lowest BCUT2D eigenvalue weighted by molar-refractivity contribution is -0.136. The first kappa shape index (κ1) is 23.5. The van der Waals surface area contributed by atoms with Gasteiger partial charge in [0.05, 0.1) is 37.6 Å². The summed E-state index contributed by atoms with van der Waals surface area (Å²) in [5.41, 5.74) is 0. The van der Waals surface area contributed by atoms with Gasteiger partial charge in [-0.3, -0.25) is 9.45 Å². The van der Waals surface area contributed by atoms with Crippen LogP contribution in [0.1, 0.15) is 0 Å². The molecule has 0 aromatic rings. The smallest absolute Gasteiger partial charge is 0.395 e. The highest BCUT2D eigenvalue weighted by molar-refractivity contribution is 7.80. The molecule has 0 unspecified atom stereocenters. The second kappa shape index (κ2) is 9.63. The van der Waals surface area contributed by atoms with E-state index in [1.165, 1.54) is 4.90 Å². The second-order valence-corrected chi connectivity index (χ2v) is 7.10. The lowest BCUT2D eigenvalue weighted by Gasteiger charge is -2.33. The van der Waals surface area contributed by atoms with E-state index in [9.17, 15) is 44.2 Å². The zero-order valence-corrected chi connectivity index (χ0v) is 14.4. The molecular formula is C12H25NO12S. The Hall–Kier alpha value is -0.490. The van der Waals surface area contributed by atoms with E-state index in [0.29, 0.717) is 0 Å². The third-order valence-corrected chi connectivity index (χ3v) is 4.63. The molecule has 1 saturated heterocycles. The van der Waals surface area contributed by atoms with Gasteiger partial charge in [0.25, 0.3) is 0 Å². The largest absolute Gasteiger partial charge is 0.397 e. The highest BCUT2D eigenvalue weighted by Gasteiger charge is 2.44. The molecule has 0 aromatic heterocycles. The lowest BCUT2D eigenvalue weighted by atomic mass is 9.99. The second-order valence-electron chi connectivity index (χ2n) is 6.05. The van der Waals surface area contributed by atoms with Crippen LogP contribution in [0, 0.1) is 0 Å². The van der Waals surface area contributed by atoms with Gasteiger partial charge >= 0.3 is 10.4 Å². The summed E-state index contributed by atoms with van der Waals surface area (Å²) in [6.07, 6.45) is -13.0. The molecule has 14 heteroatoms. The minimum absolute atomic E-state index is 0.208. The van der Waals surface area contributed by atoms with E-state index < -0.39 is 78.9 Å². The molecule has 0 amide bonds. The Labute approximate surface area is 149 Å². The van der Waals surface area contributed by atoms with Gasteiger partial charge < -0.3 is 40.9 Å². The van der Waals surface area contributed by atoms with Gasteiger partial charge in [-0.2, -0.15) is 8.42 Å².